The number of benzene rings is 1. The minimum Gasteiger partial charge on any atom is -0.442 e. The topological polar surface area (TPSA) is 111 Å². The van der Waals surface area contributed by atoms with Gasteiger partial charge >= 0.3 is 6.09 Å². The summed E-state index contributed by atoms with van der Waals surface area (Å²) in [5.74, 6) is -0.973. The van der Waals surface area contributed by atoms with Crippen LogP contribution in [0.5, 0.6) is 0 Å². The van der Waals surface area contributed by atoms with E-state index in [2.05, 4.69) is 5.32 Å². The van der Waals surface area contributed by atoms with Crippen molar-refractivity contribution in [3.05, 3.63) is 52.9 Å². The molecule has 0 aliphatic carbocycles. The second kappa shape index (κ2) is 13.6. The summed E-state index contributed by atoms with van der Waals surface area (Å²) in [6.07, 6.45) is 3.15. The summed E-state index contributed by atoms with van der Waals surface area (Å²) < 4.78 is 25.6. The molecule has 6 atom stereocenters. The van der Waals surface area contributed by atoms with Crippen molar-refractivity contribution in [2.75, 3.05) is 12.4 Å². The first kappa shape index (κ1) is 29.5. The molecule has 0 fully saturated rings. The van der Waals surface area contributed by atoms with Gasteiger partial charge in [0.15, 0.2) is 0 Å². The highest BCUT2D eigenvalue weighted by Gasteiger charge is 2.28. The van der Waals surface area contributed by atoms with Crippen LogP contribution < -0.4 is 11.1 Å². The zero-order valence-electron chi connectivity index (χ0n) is 22.2. The van der Waals surface area contributed by atoms with Crippen LogP contribution in [0.4, 0.5) is 14.9 Å². The lowest BCUT2D eigenvalue weighted by molar-refractivity contribution is -0.112. The molecular formula is C28H41FN2O5. The highest BCUT2D eigenvalue weighted by molar-refractivity contribution is 6.03. The number of halogens is 1. The number of aliphatic hydroxyl groups is 1. The summed E-state index contributed by atoms with van der Waals surface area (Å²) >= 11 is 0. The number of methoxy groups -OCH3 is 1. The van der Waals surface area contributed by atoms with Crippen molar-refractivity contribution in [3.63, 3.8) is 0 Å². The molecule has 4 N–H and O–H groups in total. The van der Waals surface area contributed by atoms with E-state index in [0.29, 0.717) is 42.5 Å². The fourth-order valence-electron chi connectivity index (χ4n) is 4.81. The highest BCUT2D eigenvalue weighted by Crippen LogP contribution is 2.27. The van der Waals surface area contributed by atoms with Crippen molar-refractivity contribution in [1.82, 2.24) is 0 Å². The average molecular weight is 505 g/mol. The maximum atomic E-state index is 14.6. The Morgan fingerprint density at radius 3 is 2.56 bits per heavy atom. The molecule has 8 heteroatoms. The number of hydrogen-bond acceptors (Lipinski definition) is 5. The smallest absolute Gasteiger partial charge is 0.405 e. The number of carbonyl (C=O) groups excluding carboxylic acids is 2. The number of rotatable bonds is 2. The lowest BCUT2D eigenvalue weighted by atomic mass is 9.87. The van der Waals surface area contributed by atoms with Crippen LogP contribution in [0.25, 0.3) is 0 Å². The first-order chi connectivity index (χ1) is 16.9. The van der Waals surface area contributed by atoms with E-state index < -0.39 is 24.4 Å². The van der Waals surface area contributed by atoms with Crippen LogP contribution in [-0.2, 0) is 20.7 Å². The maximum absolute atomic E-state index is 14.6. The van der Waals surface area contributed by atoms with Gasteiger partial charge in [-0.2, -0.15) is 0 Å². The largest absolute Gasteiger partial charge is 0.442 e. The van der Waals surface area contributed by atoms with Crippen molar-refractivity contribution in [1.29, 1.82) is 0 Å². The van der Waals surface area contributed by atoms with E-state index >= 15 is 0 Å². The summed E-state index contributed by atoms with van der Waals surface area (Å²) in [5.41, 5.74) is 7.68. The van der Waals surface area contributed by atoms with Gasteiger partial charge in [0.25, 0.3) is 5.91 Å². The Morgan fingerprint density at radius 1 is 1.22 bits per heavy atom. The molecule has 36 heavy (non-hydrogen) atoms. The van der Waals surface area contributed by atoms with E-state index in [1.807, 2.05) is 39.8 Å². The maximum Gasteiger partial charge on any atom is 0.405 e. The van der Waals surface area contributed by atoms with E-state index in [1.165, 1.54) is 6.07 Å². The van der Waals surface area contributed by atoms with Gasteiger partial charge in [-0.15, -0.1) is 0 Å². The number of amides is 2. The second-order valence-corrected chi connectivity index (χ2v) is 10.1. The first-order valence-corrected chi connectivity index (χ1v) is 12.5. The lowest BCUT2D eigenvalue weighted by Crippen LogP contribution is -2.35. The van der Waals surface area contributed by atoms with Crippen molar-refractivity contribution >= 4 is 17.7 Å². The number of anilines is 1. The molecule has 0 unspecified atom stereocenters. The number of aliphatic hydroxyl groups excluding tert-OH is 1. The molecule has 7 nitrogen and oxygen atoms in total. The zero-order chi connectivity index (χ0) is 27.0. The summed E-state index contributed by atoms with van der Waals surface area (Å²) in [6.45, 7) is 9.39. The monoisotopic (exact) mass is 504 g/mol. The van der Waals surface area contributed by atoms with E-state index in [1.54, 1.807) is 26.2 Å². The Bertz CT molecular complexity index is 977. The van der Waals surface area contributed by atoms with Gasteiger partial charge in [-0.1, -0.05) is 32.9 Å². The van der Waals surface area contributed by atoms with E-state index in [4.69, 9.17) is 15.2 Å². The SMILES string of the molecule is CO[C@H]1C[C@H](C)Cc2cc(ccc2F)NC(=O)/C(C)=C/CC[C@H](C)[C@H](OC(N)=O)/C(C)=C/[C@H](C)[C@H]1O. The summed E-state index contributed by atoms with van der Waals surface area (Å²) in [5, 5.41) is 13.9. The Morgan fingerprint density at radius 2 is 1.92 bits per heavy atom. The van der Waals surface area contributed by atoms with Crippen LogP contribution in [0.2, 0.25) is 0 Å². The van der Waals surface area contributed by atoms with Crippen LogP contribution in [-0.4, -0.2) is 42.5 Å². The molecule has 0 spiro atoms. The number of nitrogens with two attached hydrogens (primary N) is 1. The van der Waals surface area contributed by atoms with Gasteiger partial charge < -0.3 is 25.6 Å². The van der Waals surface area contributed by atoms with Crippen LogP contribution in [0.3, 0.4) is 0 Å². The number of fused-ring (bicyclic) bond motifs is 2. The quantitative estimate of drug-likeness (QED) is 0.484. The van der Waals surface area contributed by atoms with Gasteiger partial charge in [-0.05, 0) is 80.7 Å². The molecule has 200 valence electrons. The Hall–Kier alpha value is -2.71. The number of ether oxygens (including phenoxy) is 2. The average Bonchev–Trinajstić information content (AvgIpc) is 2.81. The van der Waals surface area contributed by atoms with Gasteiger partial charge in [-0.3, -0.25) is 4.79 Å². The zero-order valence-corrected chi connectivity index (χ0v) is 22.2. The first-order valence-electron chi connectivity index (χ1n) is 12.5. The fraction of sp³-hybridized carbons (Fsp3) is 0.571. The normalized spacial score (nSPS) is 31.9. The molecule has 2 bridgehead atoms. The minimum atomic E-state index is -0.866. The van der Waals surface area contributed by atoms with Gasteiger partial charge in [0.1, 0.15) is 11.9 Å². The van der Waals surface area contributed by atoms with Gasteiger partial charge in [0.05, 0.1) is 12.2 Å². The van der Waals surface area contributed by atoms with Crippen LogP contribution in [0, 0.1) is 23.6 Å². The molecule has 1 aromatic rings. The van der Waals surface area contributed by atoms with Crippen LogP contribution in [0.15, 0.2) is 41.5 Å². The molecule has 0 aromatic heterocycles. The summed E-state index contributed by atoms with van der Waals surface area (Å²) in [4.78, 5) is 24.3. The second-order valence-electron chi connectivity index (χ2n) is 10.1. The lowest BCUT2D eigenvalue weighted by Gasteiger charge is -2.29. The summed E-state index contributed by atoms with van der Waals surface area (Å²) in [6, 6.07) is 4.56. The van der Waals surface area contributed by atoms with Crippen LogP contribution >= 0.6 is 0 Å². The van der Waals surface area contributed by atoms with Crippen molar-refractivity contribution < 1.29 is 28.6 Å². The Labute approximate surface area is 213 Å². The molecule has 2 rings (SSSR count). The van der Waals surface area contributed by atoms with Crippen molar-refractivity contribution in [3.8, 4) is 0 Å². The van der Waals surface area contributed by atoms with Gasteiger partial charge in [0.2, 0.25) is 0 Å². The summed E-state index contributed by atoms with van der Waals surface area (Å²) in [7, 11) is 1.55. The fourth-order valence-corrected chi connectivity index (χ4v) is 4.81. The van der Waals surface area contributed by atoms with Crippen LogP contribution in [0.1, 0.15) is 59.4 Å². The number of hydrogen-bond donors (Lipinski definition) is 3. The third-order valence-electron chi connectivity index (χ3n) is 6.89. The Kier molecular flexibility index (Phi) is 11.1. The van der Waals surface area contributed by atoms with Crippen molar-refractivity contribution in [2.24, 2.45) is 23.5 Å². The number of nitrogens with one attached hydrogen (secondary N) is 1. The molecular weight excluding hydrogens is 463 g/mol. The molecule has 0 radical (unpaired) electrons. The Balaban J connectivity index is 2.43. The van der Waals surface area contributed by atoms with Gasteiger partial charge in [-0.25, -0.2) is 9.18 Å². The van der Waals surface area contributed by atoms with E-state index in [0.717, 1.165) is 5.57 Å². The molecule has 0 saturated carbocycles. The minimum absolute atomic E-state index is 0.00277. The predicted octanol–water partition coefficient (Wildman–Crippen LogP) is 5.13. The number of allylic oxidation sites excluding steroid dienone is 1. The molecule has 2 amide bonds. The molecule has 1 aromatic carbocycles. The third-order valence-corrected chi connectivity index (χ3v) is 6.89. The van der Waals surface area contributed by atoms with E-state index in [9.17, 15) is 19.1 Å². The predicted molar refractivity (Wildman–Crippen MR) is 139 cm³/mol. The van der Waals surface area contributed by atoms with Crippen molar-refractivity contribution in [2.45, 2.75) is 78.6 Å². The standard InChI is InChI=1S/C28H41FN2O5/c1-16-12-21-15-22(10-11-23(21)29)31-27(33)18(3)9-7-8-17(2)26(36-28(30)34)20(5)14-19(4)25(32)24(13-16)35-6/h9-11,14-17,19,24-26,32H,7-8,12-13H2,1-6H3,(H2,30,34)(H,31,33)/b18-9+,20-14+/t16-,17+,19+,24+,25-,26+/m1/s1. The number of primary amides is 1. The highest BCUT2D eigenvalue weighted by atomic mass is 19.1. The van der Waals surface area contributed by atoms with Gasteiger partial charge in [0, 0.05) is 24.3 Å². The molecule has 1 aliphatic heterocycles. The molecule has 1 aliphatic rings. The van der Waals surface area contributed by atoms with E-state index in [-0.39, 0.29) is 29.5 Å². The third kappa shape index (κ3) is 8.45. The number of carbonyl (C=O) groups is 2. The molecule has 1 heterocycles. The molecule has 0 saturated heterocycles.